The quantitative estimate of drug-likeness (QED) is 0.820. The largest absolute Gasteiger partial charge is 0.464 e. The van der Waals surface area contributed by atoms with Gasteiger partial charge in [0.05, 0.1) is 6.61 Å². The summed E-state index contributed by atoms with van der Waals surface area (Å²) in [6.07, 6.45) is 0.00415. The molecule has 0 unspecified atom stereocenters. The summed E-state index contributed by atoms with van der Waals surface area (Å²) < 4.78 is 18.3. The van der Waals surface area contributed by atoms with Gasteiger partial charge in [0.15, 0.2) is 6.04 Å². The molecule has 3 rings (SSSR count). The van der Waals surface area contributed by atoms with Gasteiger partial charge in [-0.05, 0) is 36.8 Å². The number of nitrogens with one attached hydrogen (secondary N) is 1. The zero-order chi connectivity index (χ0) is 19.4. The number of rotatable bonds is 5. The fourth-order valence-corrected chi connectivity index (χ4v) is 3.14. The maximum atomic E-state index is 13.2. The smallest absolute Gasteiger partial charge is 0.331 e. The van der Waals surface area contributed by atoms with Gasteiger partial charge in [-0.25, -0.2) is 14.2 Å². The van der Waals surface area contributed by atoms with Crippen LogP contribution in [-0.2, 0) is 14.3 Å². The Kier molecular flexibility index (Phi) is 5.49. The van der Waals surface area contributed by atoms with Gasteiger partial charge in [-0.15, -0.1) is 0 Å². The Hall–Kier alpha value is -3.22. The third-order valence-corrected chi connectivity index (χ3v) is 4.41. The highest BCUT2D eigenvalue weighted by Crippen LogP contribution is 2.34. The molecular weight excluding hydrogens is 351 g/mol. The number of amides is 2. The number of ether oxygens (including phenoxy) is 1. The Balaban J connectivity index is 1.89. The molecule has 140 valence electrons. The van der Waals surface area contributed by atoms with Gasteiger partial charge in [0.1, 0.15) is 5.82 Å². The van der Waals surface area contributed by atoms with E-state index in [1.54, 1.807) is 37.3 Å². The fraction of sp³-hybridized carbons (Fsp3) is 0.250. The summed E-state index contributed by atoms with van der Waals surface area (Å²) in [5, 5.41) is 1.03. The van der Waals surface area contributed by atoms with Crippen molar-refractivity contribution in [2.24, 2.45) is 0 Å². The van der Waals surface area contributed by atoms with Crippen LogP contribution in [0.3, 0.4) is 0 Å². The monoisotopic (exact) mass is 370 g/mol. The predicted molar refractivity (Wildman–Crippen MR) is 94.9 cm³/mol. The standard InChI is InChI=1S/C20H19FN2O4/c1-2-27-20(26)18-16(13-8-10-15(21)11-9-13)12-17(24)23(18)22-19(25)14-6-4-3-5-7-14/h3-11,16,18H,2,12H2,1H3,(H,22,25)/t16-,18+/m0/s1. The number of hydrogen-bond acceptors (Lipinski definition) is 4. The van der Waals surface area contributed by atoms with Crippen LogP contribution in [0.5, 0.6) is 0 Å². The van der Waals surface area contributed by atoms with Gasteiger partial charge in [0.2, 0.25) is 5.91 Å². The Morgan fingerprint density at radius 1 is 1.15 bits per heavy atom. The van der Waals surface area contributed by atoms with Crippen LogP contribution in [-0.4, -0.2) is 35.4 Å². The number of halogens is 1. The van der Waals surface area contributed by atoms with E-state index in [4.69, 9.17) is 4.74 Å². The zero-order valence-corrected chi connectivity index (χ0v) is 14.7. The van der Waals surface area contributed by atoms with Gasteiger partial charge in [-0.1, -0.05) is 30.3 Å². The molecule has 2 aromatic rings. The van der Waals surface area contributed by atoms with Crippen molar-refractivity contribution in [2.45, 2.75) is 25.3 Å². The molecule has 27 heavy (non-hydrogen) atoms. The summed E-state index contributed by atoms with van der Waals surface area (Å²) >= 11 is 0. The third kappa shape index (κ3) is 3.97. The van der Waals surface area contributed by atoms with E-state index < -0.39 is 35.6 Å². The molecule has 2 amide bonds. The Morgan fingerprint density at radius 3 is 2.44 bits per heavy atom. The van der Waals surface area contributed by atoms with E-state index in [1.807, 2.05) is 0 Å². The van der Waals surface area contributed by atoms with E-state index in [2.05, 4.69) is 5.43 Å². The van der Waals surface area contributed by atoms with Crippen LogP contribution in [0, 0.1) is 5.82 Å². The molecule has 1 heterocycles. The molecule has 0 radical (unpaired) electrons. The highest BCUT2D eigenvalue weighted by atomic mass is 19.1. The van der Waals surface area contributed by atoms with Crippen LogP contribution in [0.1, 0.15) is 35.2 Å². The van der Waals surface area contributed by atoms with E-state index in [9.17, 15) is 18.8 Å². The number of benzene rings is 2. The van der Waals surface area contributed by atoms with E-state index in [1.165, 1.54) is 24.3 Å². The van der Waals surface area contributed by atoms with Gasteiger partial charge < -0.3 is 4.74 Å². The number of carbonyl (C=O) groups is 3. The molecule has 7 heteroatoms. The number of esters is 1. The van der Waals surface area contributed by atoms with Crippen molar-refractivity contribution in [1.82, 2.24) is 10.4 Å². The minimum Gasteiger partial charge on any atom is -0.464 e. The fourth-order valence-electron chi connectivity index (χ4n) is 3.14. The molecule has 0 bridgehead atoms. The maximum absolute atomic E-state index is 13.2. The van der Waals surface area contributed by atoms with Crippen molar-refractivity contribution in [3.63, 3.8) is 0 Å². The minimum atomic E-state index is -1.02. The van der Waals surface area contributed by atoms with Crippen LogP contribution < -0.4 is 5.43 Å². The van der Waals surface area contributed by atoms with Crippen LogP contribution in [0.2, 0.25) is 0 Å². The third-order valence-electron chi connectivity index (χ3n) is 4.41. The molecular formula is C20H19FN2O4. The molecule has 0 saturated carbocycles. The first-order chi connectivity index (χ1) is 13.0. The van der Waals surface area contributed by atoms with E-state index in [0.29, 0.717) is 11.1 Å². The summed E-state index contributed by atoms with van der Waals surface area (Å²) in [7, 11) is 0. The highest BCUT2D eigenvalue weighted by molar-refractivity contribution is 5.97. The number of hydrogen-bond donors (Lipinski definition) is 1. The molecule has 1 N–H and O–H groups in total. The Bertz CT molecular complexity index is 839. The lowest BCUT2D eigenvalue weighted by Crippen LogP contribution is -2.52. The van der Waals surface area contributed by atoms with Gasteiger partial charge in [-0.2, -0.15) is 0 Å². The van der Waals surface area contributed by atoms with E-state index >= 15 is 0 Å². The second-order valence-electron chi connectivity index (χ2n) is 6.13. The van der Waals surface area contributed by atoms with Gasteiger partial charge in [0.25, 0.3) is 5.91 Å². The normalized spacial score (nSPS) is 19.0. The second-order valence-corrected chi connectivity index (χ2v) is 6.13. The summed E-state index contributed by atoms with van der Waals surface area (Å²) in [4.78, 5) is 37.5. The lowest BCUT2D eigenvalue weighted by atomic mass is 9.92. The predicted octanol–water partition coefficient (Wildman–Crippen LogP) is 2.42. The van der Waals surface area contributed by atoms with Crippen LogP contribution in [0.15, 0.2) is 54.6 Å². The van der Waals surface area contributed by atoms with Crippen LogP contribution in [0.25, 0.3) is 0 Å². The topological polar surface area (TPSA) is 75.7 Å². The molecule has 0 aromatic heterocycles. The Labute approximate surface area is 155 Å². The summed E-state index contributed by atoms with van der Waals surface area (Å²) in [6, 6.07) is 13.0. The molecule has 1 aliphatic heterocycles. The number of nitrogens with zero attached hydrogens (tertiary/aromatic N) is 1. The van der Waals surface area contributed by atoms with E-state index in [-0.39, 0.29) is 13.0 Å². The minimum absolute atomic E-state index is 0.00415. The molecule has 0 spiro atoms. The van der Waals surface area contributed by atoms with E-state index in [0.717, 1.165) is 5.01 Å². The van der Waals surface area contributed by atoms with Gasteiger partial charge >= 0.3 is 5.97 Å². The van der Waals surface area contributed by atoms with Crippen LogP contribution >= 0.6 is 0 Å². The zero-order valence-electron chi connectivity index (χ0n) is 14.7. The lowest BCUT2D eigenvalue weighted by Gasteiger charge is -2.26. The van der Waals surface area contributed by atoms with Gasteiger partial charge in [0, 0.05) is 17.9 Å². The van der Waals surface area contributed by atoms with Crippen molar-refractivity contribution in [2.75, 3.05) is 6.61 Å². The van der Waals surface area contributed by atoms with Crippen molar-refractivity contribution < 1.29 is 23.5 Å². The molecule has 2 aromatic carbocycles. The lowest BCUT2D eigenvalue weighted by molar-refractivity contribution is -0.153. The molecule has 0 aliphatic carbocycles. The summed E-state index contributed by atoms with van der Waals surface area (Å²) in [5.74, 6) is -2.49. The van der Waals surface area contributed by atoms with Crippen molar-refractivity contribution in [3.8, 4) is 0 Å². The highest BCUT2D eigenvalue weighted by Gasteiger charge is 2.47. The first kappa shape index (κ1) is 18.6. The van der Waals surface area contributed by atoms with Crippen molar-refractivity contribution in [1.29, 1.82) is 0 Å². The number of hydrazine groups is 1. The Morgan fingerprint density at radius 2 is 1.81 bits per heavy atom. The average Bonchev–Trinajstić information content (AvgIpc) is 2.99. The summed E-state index contributed by atoms with van der Waals surface area (Å²) in [6.45, 7) is 1.80. The molecule has 1 saturated heterocycles. The van der Waals surface area contributed by atoms with Crippen molar-refractivity contribution in [3.05, 3.63) is 71.5 Å². The average molecular weight is 370 g/mol. The molecule has 1 fully saturated rings. The SMILES string of the molecule is CCOC(=O)[C@H]1[C@H](c2ccc(F)cc2)CC(=O)N1NC(=O)c1ccccc1. The molecule has 2 atom stereocenters. The van der Waals surface area contributed by atoms with Crippen molar-refractivity contribution >= 4 is 17.8 Å². The number of carbonyl (C=O) groups excluding carboxylic acids is 3. The summed E-state index contributed by atoms with van der Waals surface area (Å²) in [5.41, 5.74) is 3.50. The molecule has 6 nitrogen and oxygen atoms in total. The first-order valence-corrected chi connectivity index (χ1v) is 8.61. The first-order valence-electron chi connectivity index (χ1n) is 8.61. The van der Waals surface area contributed by atoms with Crippen LogP contribution in [0.4, 0.5) is 4.39 Å². The maximum Gasteiger partial charge on any atom is 0.331 e. The molecule has 1 aliphatic rings. The van der Waals surface area contributed by atoms with Gasteiger partial charge in [-0.3, -0.25) is 15.0 Å². The second kappa shape index (κ2) is 7.99.